The number of thiazole rings is 1. The Balaban J connectivity index is 1.99. The average molecular weight is 379 g/mol. The molecule has 3 aromatic rings. The van der Waals surface area contributed by atoms with Crippen LogP contribution in [0.1, 0.15) is 10.5 Å². The molecule has 7 nitrogen and oxygen atoms in total. The minimum Gasteiger partial charge on any atom is -0.406 e. The number of halogens is 3. The van der Waals surface area contributed by atoms with Crippen LogP contribution in [-0.4, -0.2) is 36.3 Å². The summed E-state index contributed by atoms with van der Waals surface area (Å²) >= 11 is 1.03. The SMILES string of the molecule is CS(=O)(=O)NC(=O)c1cn2c(n1)sc1cc(OC(F)(F)F)ccc12. The molecule has 2 aromatic heterocycles. The van der Waals surface area contributed by atoms with E-state index in [2.05, 4.69) is 9.72 Å². The number of amides is 1. The van der Waals surface area contributed by atoms with Crippen molar-refractivity contribution in [2.75, 3.05) is 6.26 Å². The topological polar surface area (TPSA) is 89.8 Å². The van der Waals surface area contributed by atoms with Crippen LogP contribution in [0.3, 0.4) is 0 Å². The molecule has 1 N–H and O–H groups in total. The molecule has 0 aliphatic rings. The highest BCUT2D eigenvalue weighted by molar-refractivity contribution is 7.89. The van der Waals surface area contributed by atoms with E-state index in [0.717, 1.165) is 23.7 Å². The van der Waals surface area contributed by atoms with Crippen LogP contribution >= 0.6 is 11.3 Å². The summed E-state index contributed by atoms with van der Waals surface area (Å²) in [6.45, 7) is 0. The van der Waals surface area contributed by atoms with Crippen LogP contribution in [0.4, 0.5) is 13.2 Å². The Labute approximate surface area is 136 Å². The van der Waals surface area contributed by atoms with E-state index in [9.17, 15) is 26.4 Å². The van der Waals surface area contributed by atoms with Crippen molar-refractivity contribution in [1.82, 2.24) is 14.1 Å². The first kappa shape index (κ1) is 16.5. The summed E-state index contributed by atoms with van der Waals surface area (Å²) in [7, 11) is -3.73. The number of aromatic nitrogens is 2. The number of ether oxygens (including phenoxy) is 1. The predicted molar refractivity (Wildman–Crippen MR) is 79.6 cm³/mol. The van der Waals surface area contributed by atoms with Crippen molar-refractivity contribution in [3.05, 3.63) is 30.1 Å². The summed E-state index contributed by atoms with van der Waals surface area (Å²) in [4.78, 5) is 16.1. The van der Waals surface area contributed by atoms with Gasteiger partial charge in [-0.3, -0.25) is 9.20 Å². The third-order valence-electron chi connectivity index (χ3n) is 2.81. The molecule has 0 bridgehead atoms. The molecule has 12 heteroatoms. The Morgan fingerprint density at radius 2 is 2.08 bits per heavy atom. The molecule has 1 aromatic carbocycles. The first-order valence-corrected chi connectivity index (χ1v) is 8.92. The molecule has 0 saturated carbocycles. The van der Waals surface area contributed by atoms with E-state index in [4.69, 9.17) is 0 Å². The molecule has 128 valence electrons. The molecule has 0 unspecified atom stereocenters. The highest BCUT2D eigenvalue weighted by Crippen LogP contribution is 2.31. The minimum absolute atomic E-state index is 0.121. The van der Waals surface area contributed by atoms with Crippen LogP contribution in [0.2, 0.25) is 0 Å². The Hall–Kier alpha value is -2.34. The zero-order valence-corrected chi connectivity index (χ0v) is 13.4. The second kappa shape index (κ2) is 5.34. The number of imidazole rings is 1. The molecule has 1 amide bonds. The van der Waals surface area contributed by atoms with Gasteiger partial charge in [0.1, 0.15) is 11.4 Å². The number of nitrogens with one attached hydrogen (secondary N) is 1. The maximum atomic E-state index is 12.2. The second-order valence-corrected chi connectivity index (χ2v) is 7.52. The van der Waals surface area contributed by atoms with Gasteiger partial charge >= 0.3 is 6.36 Å². The van der Waals surface area contributed by atoms with Crippen molar-refractivity contribution in [3.63, 3.8) is 0 Å². The Morgan fingerprint density at radius 3 is 2.71 bits per heavy atom. The van der Waals surface area contributed by atoms with Gasteiger partial charge in [-0.2, -0.15) is 0 Å². The molecule has 0 radical (unpaired) electrons. The molecule has 2 heterocycles. The van der Waals surface area contributed by atoms with Crippen molar-refractivity contribution in [3.8, 4) is 5.75 Å². The molecule has 24 heavy (non-hydrogen) atoms. The Kier molecular flexibility index (Phi) is 3.68. The van der Waals surface area contributed by atoms with Crippen molar-refractivity contribution in [2.45, 2.75) is 6.36 Å². The third kappa shape index (κ3) is 3.43. The monoisotopic (exact) mass is 379 g/mol. The van der Waals surface area contributed by atoms with Gasteiger partial charge in [-0.1, -0.05) is 11.3 Å². The summed E-state index contributed by atoms with van der Waals surface area (Å²) in [5, 5.41) is 0. The Bertz CT molecular complexity index is 1050. The number of alkyl halides is 3. The van der Waals surface area contributed by atoms with E-state index in [1.807, 2.05) is 0 Å². The van der Waals surface area contributed by atoms with Crippen molar-refractivity contribution in [1.29, 1.82) is 0 Å². The average Bonchev–Trinajstić information content (AvgIpc) is 2.91. The summed E-state index contributed by atoms with van der Waals surface area (Å²) < 4.78 is 66.4. The maximum absolute atomic E-state index is 12.2. The smallest absolute Gasteiger partial charge is 0.406 e. The Morgan fingerprint density at radius 1 is 1.38 bits per heavy atom. The zero-order chi connectivity index (χ0) is 17.7. The number of fused-ring (bicyclic) bond motifs is 3. The zero-order valence-electron chi connectivity index (χ0n) is 11.8. The third-order valence-corrected chi connectivity index (χ3v) is 4.38. The normalized spacial score (nSPS) is 12.7. The van der Waals surface area contributed by atoms with Gasteiger partial charge in [-0.05, 0) is 18.2 Å². The molecule has 3 rings (SSSR count). The van der Waals surface area contributed by atoms with Crippen LogP contribution in [-0.2, 0) is 10.0 Å². The summed E-state index contributed by atoms with van der Waals surface area (Å²) in [5.41, 5.74) is 0.389. The van der Waals surface area contributed by atoms with E-state index in [0.29, 0.717) is 15.2 Å². The molecule has 0 fully saturated rings. The van der Waals surface area contributed by atoms with E-state index < -0.39 is 22.3 Å². The minimum atomic E-state index is -4.79. The summed E-state index contributed by atoms with van der Waals surface area (Å²) in [6.07, 6.45) is -2.65. The number of hydrogen-bond acceptors (Lipinski definition) is 6. The molecule has 0 spiro atoms. The molecular weight excluding hydrogens is 371 g/mol. The lowest BCUT2D eigenvalue weighted by Gasteiger charge is -2.08. The molecule has 0 aliphatic carbocycles. The van der Waals surface area contributed by atoms with Gasteiger partial charge < -0.3 is 4.74 Å². The highest BCUT2D eigenvalue weighted by Gasteiger charge is 2.31. The van der Waals surface area contributed by atoms with Crippen LogP contribution < -0.4 is 9.46 Å². The van der Waals surface area contributed by atoms with Gasteiger partial charge in [0, 0.05) is 6.20 Å². The van der Waals surface area contributed by atoms with E-state index in [1.165, 1.54) is 22.7 Å². The van der Waals surface area contributed by atoms with Crippen LogP contribution in [0, 0.1) is 0 Å². The van der Waals surface area contributed by atoms with E-state index in [1.54, 1.807) is 4.72 Å². The molecule has 0 saturated heterocycles. The van der Waals surface area contributed by atoms with Crippen molar-refractivity contribution in [2.24, 2.45) is 0 Å². The van der Waals surface area contributed by atoms with Crippen molar-refractivity contribution < 1.29 is 31.1 Å². The number of sulfonamides is 1. The fraction of sp³-hybridized carbons (Fsp3) is 0.167. The number of benzene rings is 1. The lowest BCUT2D eigenvalue weighted by molar-refractivity contribution is -0.274. The van der Waals surface area contributed by atoms with Crippen LogP contribution in [0.15, 0.2) is 24.4 Å². The van der Waals surface area contributed by atoms with Gasteiger partial charge in [0.05, 0.1) is 16.5 Å². The molecule has 0 aliphatic heterocycles. The fourth-order valence-corrected chi connectivity index (χ4v) is 3.49. The van der Waals surface area contributed by atoms with Gasteiger partial charge in [-0.25, -0.2) is 18.1 Å². The quantitative estimate of drug-likeness (QED) is 0.753. The van der Waals surface area contributed by atoms with Crippen LogP contribution in [0.25, 0.3) is 15.2 Å². The summed E-state index contributed by atoms with van der Waals surface area (Å²) in [5.74, 6) is -1.26. The maximum Gasteiger partial charge on any atom is 0.573 e. The highest BCUT2D eigenvalue weighted by atomic mass is 32.2. The fourth-order valence-electron chi connectivity index (χ4n) is 2.01. The van der Waals surface area contributed by atoms with E-state index >= 15 is 0 Å². The second-order valence-electron chi connectivity index (χ2n) is 4.76. The van der Waals surface area contributed by atoms with Crippen LogP contribution in [0.5, 0.6) is 5.75 Å². The van der Waals surface area contributed by atoms with Gasteiger partial charge in [-0.15, -0.1) is 13.2 Å². The lowest BCUT2D eigenvalue weighted by Crippen LogP contribution is -2.29. The number of hydrogen-bond donors (Lipinski definition) is 1. The van der Waals surface area contributed by atoms with Gasteiger partial charge in [0.25, 0.3) is 5.91 Å². The van der Waals surface area contributed by atoms with Gasteiger partial charge in [0.2, 0.25) is 10.0 Å². The number of carbonyl (C=O) groups excluding carboxylic acids is 1. The number of rotatable bonds is 3. The summed E-state index contributed by atoms with van der Waals surface area (Å²) in [6, 6.07) is 3.73. The number of nitrogens with zero attached hydrogens (tertiary/aromatic N) is 2. The van der Waals surface area contributed by atoms with Crippen molar-refractivity contribution >= 4 is 42.4 Å². The first-order valence-electron chi connectivity index (χ1n) is 6.21. The van der Waals surface area contributed by atoms with Gasteiger partial charge in [0.15, 0.2) is 4.96 Å². The van der Waals surface area contributed by atoms with E-state index in [-0.39, 0.29) is 11.4 Å². The lowest BCUT2D eigenvalue weighted by atomic mass is 10.3. The molecule has 0 atom stereocenters. The standard InChI is InChI=1S/C12H8F3N3O4S2/c1-24(20,21)17-10(19)7-5-18-8-3-2-6(22-12(13,14)15)4-9(8)23-11(18)16-7/h2-5H,1H3,(H,17,19). The predicted octanol–water partition coefficient (Wildman–Crippen LogP) is 2.14. The largest absolute Gasteiger partial charge is 0.573 e. The molecular formula is C12H8F3N3O4S2. The first-order chi connectivity index (χ1) is 11.0. The number of carbonyl (C=O) groups is 1.